The minimum Gasteiger partial charge on any atom is -0.339 e. The Labute approximate surface area is 108 Å². The third-order valence-corrected chi connectivity index (χ3v) is 3.23. The molecule has 0 amide bonds. The summed E-state index contributed by atoms with van der Waals surface area (Å²) in [7, 11) is 0. The van der Waals surface area contributed by atoms with Gasteiger partial charge in [-0.2, -0.15) is 4.98 Å². The number of hydrogen-bond donors (Lipinski definition) is 1. The Bertz CT molecular complexity index is 579. The van der Waals surface area contributed by atoms with Crippen LogP contribution in [0.1, 0.15) is 36.2 Å². The maximum Gasteiger partial charge on any atom is 0.231 e. The van der Waals surface area contributed by atoms with Crippen LogP contribution in [0.25, 0.3) is 0 Å². The molecule has 0 aliphatic carbocycles. The first-order valence-corrected chi connectivity index (χ1v) is 6.23. The summed E-state index contributed by atoms with van der Waals surface area (Å²) < 4.78 is 31.7. The van der Waals surface area contributed by atoms with Gasteiger partial charge in [-0.1, -0.05) is 17.3 Å². The van der Waals surface area contributed by atoms with Gasteiger partial charge >= 0.3 is 0 Å². The number of nitrogens with zero attached hydrogens (tertiary/aromatic N) is 2. The lowest BCUT2D eigenvalue weighted by atomic mass is 10.1. The van der Waals surface area contributed by atoms with Gasteiger partial charge < -0.3 is 9.84 Å². The van der Waals surface area contributed by atoms with E-state index >= 15 is 0 Å². The predicted octanol–water partition coefficient (Wildman–Crippen LogP) is 2.36. The van der Waals surface area contributed by atoms with Crippen molar-refractivity contribution < 1.29 is 13.3 Å². The fraction of sp³-hybridized carbons (Fsp3) is 0.385. The van der Waals surface area contributed by atoms with E-state index in [1.165, 1.54) is 12.1 Å². The van der Waals surface area contributed by atoms with Gasteiger partial charge in [-0.25, -0.2) is 8.78 Å². The minimum absolute atomic E-state index is 0.101. The van der Waals surface area contributed by atoms with Gasteiger partial charge in [0.1, 0.15) is 0 Å². The zero-order chi connectivity index (χ0) is 13.2. The van der Waals surface area contributed by atoms with Crippen molar-refractivity contribution in [1.29, 1.82) is 0 Å². The van der Waals surface area contributed by atoms with Crippen LogP contribution in [0.3, 0.4) is 0 Å². The molecule has 6 heteroatoms. The molecule has 1 fully saturated rings. The molecule has 2 heterocycles. The van der Waals surface area contributed by atoms with Crippen molar-refractivity contribution in [3.63, 3.8) is 0 Å². The van der Waals surface area contributed by atoms with Gasteiger partial charge in [0.2, 0.25) is 5.89 Å². The van der Waals surface area contributed by atoms with Crippen molar-refractivity contribution >= 4 is 0 Å². The van der Waals surface area contributed by atoms with Crippen LogP contribution >= 0.6 is 0 Å². The monoisotopic (exact) mass is 265 g/mol. The highest BCUT2D eigenvalue weighted by atomic mass is 19.2. The topological polar surface area (TPSA) is 51.0 Å². The fourth-order valence-corrected chi connectivity index (χ4v) is 2.23. The molecule has 1 atom stereocenters. The van der Waals surface area contributed by atoms with Crippen LogP contribution in [-0.4, -0.2) is 16.7 Å². The molecule has 100 valence electrons. The van der Waals surface area contributed by atoms with Crippen molar-refractivity contribution in [2.24, 2.45) is 0 Å². The second-order valence-electron chi connectivity index (χ2n) is 4.58. The van der Waals surface area contributed by atoms with E-state index in [0.717, 1.165) is 25.5 Å². The summed E-state index contributed by atoms with van der Waals surface area (Å²) in [4.78, 5) is 4.23. The quantitative estimate of drug-likeness (QED) is 0.925. The summed E-state index contributed by atoms with van der Waals surface area (Å²) in [5.41, 5.74) is 0.217. The highest BCUT2D eigenvalue weighted by Gasteiger charge is 2.22. The van der Waals surface area contributed by atoms with Crippen molar-refractivity contribution in [2.45, 2.75) is 25.3 Å². The maximum absolute atomic E-state index is 13.5. The van der Waals surface area contributed by atoms with Gasteiger partial charge in [-0.05, 0) is 25.5 Å². The largest absolute Gasteiger partial charge is 0.339 e. The summed E-state index contributed by atoms with van der Waals surface area (Å²) in [5.74, 6) is -0.839. The summed E-state index contributed by atoms with van der Waals surface area (Å²) in [6.45, 7) is 0.938. The van der Waals surface area contributed by atoms with Crippen LogP contribution in [0.4, 0.5) is 8.78 Å². The number of hydrogen-bond acceptors (Lipinski definition) is 4. The lowest BCUT2D eigenvalue weighted by molar-refractivity contribution is 0.371. The normalized spacial score (nSPS) is 18.9. The van der Waals surface area contributed by atoms with Gasteiger partial charge in [0.15, 0.2) is 17.5 Å². The van der Waals surface area contributed by atoms with Crippen LogP contribution in [0, 0.1) is 11.6 Å². The van der Waals surface area contributed by atoms with E-state index in [1.54, 1.807) is 0 Å². The summed E-state index contributed by atoms with van der Waals surface area (Å²) in [5, 5.41) is 7.13. The van der Waals surface area contributed by atoms with Crippen molar-refractivity contribution in [2.75, 3.05) is 6.54 Å². The highest BCUT2D eigenvalue weighted by molar-refractivity contribution is 5.21. The second kappa shape index (κ2) is 5.05. The molecule has 1 unspecified atom stereocenters. The number of rotatable bonds is 3. The number of aromatic nitrogens is 2. The van der Waals surface area contributed by atoms with Crippen LogP contribution < -0.4 is 5.32 Å². The van der Waals surface area contributed by atoms with E-state index in [0.29, 0.717) is 11.7 Å². The molecule has 1 N–H and O–H groups in total. The van der Waals surface area contributed by atoms with Gasteiger partial charge in [-0.15, -0.1) is 0 Å². The number of benzene rings is 1. The minimum atomic E-state index is -0.866. The van der Waals surface area contributed by atoms with Crippen LogP contribution in [-0.2, 0) is 6.42 Å². The zero-order valence-electron chi connectivity index (χ0n) is 10.2. The number of halogens is 2. The molecule has 1 aliphatic rings. The third kappa shape index (κ3) is 2.49. The summed E-state index contributed by atoms with van der Waals surface area (Å²) >= 11 is 0. The van der Waals surface area contributed by atoms with Crippen LogP contribution in [0.15, 0.2) is 22.7 Å². The molecule has 1 aromatic carbocycles. The van der Waals surface area contributed by atoms with E-state index in [9.17, 15) is 8.78 Å². The van der Waals surface area contributed by atoms with Crippen molar-refractivity contribution in [1.82, 2.24) is 15.5 Å². The summed E-state index contributed by atoms with van der Waals surface area (Å²) in [6, 6.07) is 4.16. The first-order valence-electron chi connectivity index (χ1n) is 6.23. The van der Waals surface area contributed by atoms with Crippen LogP contribution in [0.5, 0.6) is 0 Å². The van der Waals surface area contributed by atoms with Gasteiger partial charge in [0.05, 0.1) is 12.5 Å². The Morgan fingerprint density at radius 1 is 1.37 bits per heavy atom. The van der Waals surface area contributed by atoms with Crippen molar-refractivity contribution in [3.05, 3.63) is 47.1 Å². The summed E-state index contributed by atoms with van der Waals surface area (Å²) in [6.07, 6.45) is 2.14. The van der Waals surface area contributed by atoms with Gasteiger partial charge in [0, 0.05) is 5.56 Å². The molecule has 0 spiro atoms. The molecular formula is C13H13F2N3O. The van der Waals surface area contributed by atoms with E-state index in [-0.39, 0.29) is 18.0 Å². The Morgan fingerprint density at radius 2 is 2.26 bits per heavy atom. The molecular weight excluding hydrogens is 252 g/mol. The molecule has 19 heavy (non-hydrogen) atoms. The molecule has 1 aromatic heterocycles. The lowest BCUT2D eigenvalue weighted by Crippen LogP contribution is -2.14. The Kier molecular flexibility index (Phi) is 3.25. The molecule has 0 radical (unpaired) electrons. The Hall–Kier alpha value is -1.82. The lowest BCUT2D eigenvalue weighted by Gasteiger charge is -2.02. The number of nitrogens with one attached hydrogen (secondary N) is 1. The third-order valence-electron chi connectivity index (χ3n) is 3.23. The smallest absolute Gasteiger partial charge is 0.231 e. The standard InChI is InChI=1S/C13H13F2N3O/c14-9-4-1-3-8(12(9)15)7-11-17-13(18-19-11)10-5-2-6-16-10/h1,3-4,10,16H,2,5-7H2. The molecule has 0 bridgehead atoms. The fourth-order valence-electron chi connectivity index (χ4n) is 2.23. The Balaban J connectivity index is 1.78. The predicted molar refractivity (Wildman–Crippen MR) is 63.4 cm³/mol. The first-order chi connectivity index (χ1) is 9.24. The molecule has 4 nitrogen and oxygen atoms in total. The van der Waals surface area contributed by atoms with Gasteiger partial charge in [-0.3, -0.25) is 0 Å². The Morgan fingerprint density at radius 3 is 3.05 bits per heavy atom. The van der Waals surface area contributed by atoms with E-state index < -0.39 is 11.6 Å². The van der Waals surface area contributed by atoms with E-state index in [4.69, 9.17) is 4.52 Å². The average Bonchev–Trinajstić information content (AvgIpc) is 3.05. The average molecular weight is 265 g/mol. The molecule has 1 aliphatic heterocycles. The maximum atomic E-state index is 13.5. The SMILES string of the molecule is Fc1cccc(Cc2nc(C3CCCN3)no2)c1F. The zero-order valence-corrected chi connectivity index (χ0v) is 10.2. The van der Waals surface area contributed by atoms with E-state index in [2.05, 4.69) is 15.5 Å². The molecule has 3 rings (SSSR count). The van der Waals surface area contributed by atoms with Crippen LogP contribution in [0.2, 0.25) is 0 Å². The first kappa shape index (κ1) is 12.2. The molecule has 2 aromatic rings. The van der Waals surface area contributed by atoms with Gasteiger partial charge in [0.25, 0.3) is 0 Å². The highest BCUT2D eigenvalue weighted by Crippen LogP contribution is 2.21. The second-order valence-corrected chi connectivity index (χ2v) is 4.58. The molecule has 0 saturated carbocycles. The molecule has 1 saturated heterocycles. The van der Waals surface area contributed by atoms with Crippen molar-refractivity contribution in [3.8, 4) is 0 Å². The van der Waals surface area contributed by atoms with E-state index in [1.807, 2.05) is 0 Å².